The maximum Gasteiger partial charge on any atom is 0.323 e. The molecule has 19 heteroatoms. The molecule has 0 aliphatic carbocycles. The third-order valence-corrected chi connectivity index (χ3v) is 19.6. The molecule has 0 bridgehead atoms. The van der Waals surface area contributed by atoms with Crippen molar-refractivity contribution in [1.82, 2.24) is 9.47 Å². The Labute approximate surface area is 445 Å². The lowest BCUT2D eigenvalue weighted by Crippen LogP contribution is -2.46. The summed E-state index contributed by atoms with van der Waals surface area (Å²) >= 11 is 7.97. The van der Waals surface area contributed by atoms with Crippen LogP contribution >= 0.6 is 30.9 Å². The van der Waals surface area contributed by atoms with E-state index in [-0.39, 0.29) is 39.9 Å². The van der Waals surface area contributed by atoms with Crippen molar-refractivity contribution in [3.8, 4) is 22.4 Å². The van der Waals surface area contributed by atoms with Crippen LogP contribution in [0.2, 0.25) is 5.02 Å². The molecule has 2 fully saturated rings. The number of aliphatic hydroxyl groups is 1. The molecule has 2 unspecified atom stereocenters. The number of likely N-dealkylation sites (tertiary alicyclic amines) is 1. The Kier molecular flexibility index (Phi) is 17.7. The van der Waals surface area contributed by atoms with E-state index in [2.05, 4.69) is 37.2 Å². The predicted octanol–water partition coefficient (Wildman–Crippen LogP) is 11.0. The molecule has 0 amide bonds. The van der Waals surface area contributed by atoms with Crippen LogP contribution in [0.25, 0.3) is 22.4 Å². The average Bonchev–Trinajstić information content (AvgIpc) is 3.69. The van der Waals surface area contributed by atoms with Crippen LogP contribution < -0.4 is 25.5 Å². The molecular formula is C55H67ClFN6O7PS3. The largest absolute Gasteiger partial charge is 0.393 e. The van der Waals surface area contributed by atoms with E-state index in [9.17, 15) is 26.5 Å². The summed E-state index contributed by atoms with van der Waals surface area (Å²) in [7, 11) is -11.4. The van der Waals surface area contributed by atoms with Gasteiger partial charge < -0.3 is 39.3 Å². The molecule has 2 saturated heterocycles. The van der Waals surface area contributed by atoms with Gasteiger partial charge in [0.15, 0.2) is 19.7 Å². The first-order chi connectivity index (χ1) is 35.2. The third-order valence-electron chi connectivity index (χ3n) is 13.6. The summed E-state index contributed by atoms with van der Waals surface area (Å²) in [5.74, 6) is 0.203. The Balaban J connectivity index is 0.981. The van der Waals surface area contributed by atoms with Gasteiger partial charge in [-0.3, -0.25) is 4.57 Å². The van der Waals surface area contributed by atoms with Crippen LogP contribution in [0.1, 0.15) is 51.8 Å². The second-order valence-corrected chi connectivity index (χ2v) is 27.0. The second-order valence-electron chi connectivity index (χ2n) is 19.5. The molecule has 0 spiro atoms. The Bertz CT molecular complexity index is 3190. The zero-order valence-electron chi connectivity index (χ0n) is 42.8. The molecule has 396 valence electrons. The van der Waals surface area contributed by atoms with Crippen molar-refractivity contribution in [2.24, 2.45) is 0 Å². The average molecular weight is 1110 g/mol. The van der Waals surface area contributed by atoms with E-state index in [1.807, 2.05) is 79.1 Å². The highest BCUT2D eigenvalue weighted by molar-refractivity contribution is 7.99. The van der Waals surface area contributed by atoms with Gasteiger partial charge in [0.25, 0.3) is 0 Å². The lowest BCUT2D eigenvalue weighted by molar-refractivity contribution is 0.0817. The Hall–Kier alpha value is -4.84. The number of hydrogen-bond acceptors (Lipinski definition) is 12. The maximum atomic E-state index is 15.8. The van der Waals surface area contributed by atoms with Gasteiger partial charge in [-0.2, -0.15) is 0 Å². The van der Waals surface area contributed by atoms with Gasteiger partial charge >= 0.3 is 7.52 Å². The van der Waals surface area contributed by atoms with Crippen molar-refractivity contribution in [2.45, 2.75) is 79.8 Å². The molecule has 2 aliphatic rings. The smallest absolute Gasteiger partial charge is 0.323 e. The first-order valence-electron chi connectivity index (χ1n) is 25.0. The van der Waals surface area contributed by atoms with E-state index < -0.39 is 33.0 Å². The van der Waals surface area contributed by atoms with Gasteiger partial charge in [-0.1, -0.05) is 41.9 Å². The van der Waals surface area contributed by atoms with Gasteiger partial charge in [0.05, 0.1) is 39.2 Å². The van der Waals surface area contributed by atoms with E-state index in [0.717, 1.165) is 61.3 Å². The zero-order valence-corrected chi connectivity index (χ0v) is 46.9. The molecule has 8 rings (SSSR count). The van der Waals surface area contributed by atoms with Crippen molar-refractivity contribution in [2.75, 3.05) is 90.9 Å². The van der Waals surface area contributed by atoms with Crippen molar-refractivity contribution >= 4 is 78.6 Å². The number of nitrogens with zero attached hydrogens (tertiary/aromatic N) is 4. The Morgan fingerprint density at radius 1 is 0.811 bits per heavy atom. The summed E-state index contributed by atoms with van der Waals surface area (Å²) in [6, 6.07) is 34.2. The van der Waals surface area contributed by atoms with E-state index in [0.29, 0.717) is 76.5 Å². The number of sulfone groups is 2. The number of piperazine rings is 1. The number of nitrogens with one attached hydrogen (secondary N) is 2. The van der Waals surface area contributed by atoms with Gasteiger partial charge in [-0.15, -0.1) is 11.8 Å². The normalized spacial score (nSPS) is 16.4. The minimum Gasteiger partial charge on any atom is -0.393 e. The topological polar surface area (TPSA) is 154 Å². The maximum absolute atomic E-state index is 15.8. The highest BCUT2D eigenvalue weighted by Gasteiger charge is 2.32. The third kappa shape index (κ3) is 13.2. The van der Waals surface area contributed by atoms with Crippen molar-refractivity contribution in [3.05, 3.63) is 132 Å². The Morgan fingerprint density at radius 2 is 1.46 bits per heavy atom. The van der Waals surface area contributed by atoms with Gasteiger partial charge in [0.2, 0.25) is 0 Å². The summed E-state index contributed by atoms with van der Waals surface area (Å²) in [4.78, 5) is 7.95. The molecule has 1 aromatic heterocycles. The number of aromatic nitrogens is 1. The molecule has 0 saturated carbocycles. The number of rotatable bonds is 20. The summed E-state index contributed by atoms with van der Waals surface area (Å²) in [6.45, 7) is 12.4. The molecule has 13 nitrogen and oxygen atoms in total. The molecule has 2 aliphatic heterocycles. The van der Waals surface area contributed by atoms with Gasteiger partial charge in [0, 0.05) is 114 Å². The molecule has 5 aromatic carbocycles. The van der Waals surface area contributed by atoms with Crippen LogP contribution in [0.15, 0.2) is 130 Å². The SMILES string of the molecule is CCOP(=O)(Nc1ccc(N2CCN(c3cc(F)cc(-c4c(S(C)(=O)=O)c(C)n(C(C)C)c4-c4ccc(Cl)cc4)c3)CC2)cc1)c1ccc(NC(CCN2CCC(O)CC2)CSc2ccccc2)c(S(C)(=O)=O)c1. The van der Waals surface area contributed by atoms with Crippen LogP contribution in [-0.2, 0) is 28.8 Å². The van der Waals surface area contributed by atoms with Crippen molar-refractivity contribution in [3.63, 3.8) is 0 Å². The van der Waals surface area contributed by atoms with Crippen LogP contribution in [-0.4, -0.2) is 114 Å². The first-order valence-corrected chi connectivity index (χ1v) is 31.8. The summed E-state index contributed by atoms with van der Waals surface area (Å²) < 4.78 is 92.7. The number of benzene rings is 5. The fraction of sp³-hybridized carbons (Fsp3) is 0.382. The number of aliphatic hydroxyl groups excluding tert-OH is 1. The number of piperidine rings is 1. The predicted molar refractivity (Wildman–Crippen MR) is 302 cm³/mol. The highest BCUT2D eigenvalue weighted by atomic mass is 35.5. The number of thioether (sulfide) groups is 1. The standard InChI is InChI=1S/C55H67ClFN6O7PS3/c1-7-70-71(65,49-21-22-51(52(36-49)73(5,66)67)58-45(37-72-50-11-9-8-10-12-50)23-26-60-27-24-48(64)25-28-60)59-44-17-19-46(20-18-44)61-29-31-62(32-30-61)47-34-41(33-43(57)35-47)53-54(40-13-15-42(56)16-14-40)63(38(2)3)39(4)55(53)74(6,68)69/h8-22,33-36,38,45,48,58,64H,7,23-32,37H2,1-6H3,(H,59,65). The molecule has 3 heterocycles. The van der Waals surface area contributed by atoms with Crippen molar-refractivity contribution in [1.29, 1.82) is 0 Å². The molecular weight excluding hydrogens is 1040 g/mol. The molecule has 6 aromatic rings. The van der Waals surface area contributed by atoms with E-state index in [1.165, 1.54) is 24.5 Å². The molecule has 0 radical (unpaired) electrons. The molecule has 2 atom stereocenters. The van der Waals surface area contributed by atoms with Crippen LogP contribution in [0.4, 0.5) is 27.1 Å². The fourth-order valence-corrected chi connectivity index (χ4v) is 15.1. The summed E-state index contributed by atoms with van der Waals surface area (Å²) in [5.41, 5.74) is 5.45. The lowest BCUT2D eigenvalue weighted by atomic mass is 9.99. The molecule has 3 N–H and O–H groups in total. The Morgan fingerprint density at radius 3 is 2.07 bits per heavy atom. The van der Waals surface area contributed by atoms with E-state index >= 15 is 4.39 Å². The van der Waals surface area contributed by atoms with Crippen LogP contribution in [0.5, 0.6) is 0 Å². The second kappa shape index (κ2) is 23.6. The monoisotopic (exact) mass is 1100 g/mol. The van der Waals surface area contributed by atoms with Gasteiger partial charge in [-0.05, 0) is 143 Å². The van der Waals surface area contributed by atoms with Crippen LogP contribution in [0, 0.1) is 12.7 Å². The van der Waals surface area contributed by atoms with Crippen molar-refractivity contribution < 1.29 is 35.4 Å². The van der Waals surface area contributed by atoms with E-state index in [1.54, 1.807) is 49.9 Å². The minimum absolute atomic E-state index is 0.0261. The fourth-order valence-electron chi connectivity index (χ4n) is 10.1. The first kappa shape index (κ1) is 55.4. The number of halogens is 2. The van der Waals surface area contributed by atoms with Crippen LogP contribution in [0.3, 0.4) is 0 Å². The zero-order chi connectivity index (χ0) is 53.0. The minimum atomic E-state index is -3.86. The van der Waals surface area contributed by atoms with E-state index in [4.69, 9.17) is 16.1 Å². The van der Waals surface area contributed by atoms with Gasteiger partial charge in [0.1, 0.15) is 5.82 Å². The highest BCUT2D eigenvalue weighted by Crippen LogP contribution is 2.48. The summed E-state index contributed by atoms with van der Waals surface area (Å²) in [5, 5.41) is 17.5. The molecule has 74 heavy (non-hydrogen) atoms. The lowest BCUT2D eigenvalue weighted by Gasteiger charge is -2.37. The number of anilines is 4. The summed E-state index contributed by atoms with van der Waals surface area (Å²) in [6.07, 6.45) is 4.28. The number of hydrogen-bond donors (Lipinski definition) is 3. The van der Waals surface area contributed by atoms with Gasteiger partial charge in [-0.25, -0.2) is 21.2 Å². The quantitative estimate of drug-likeness (QED) is 0.0491.